The van der Waals surface area contributed by atoms with Crippen molar-refractivity contribution in [1.29, 1.82) is 0 Å². The van der Waals surface area contributed by atoms with Crippen LogP contribution in [0.15, 0.2) is 24.4 Å². The number of aryl methyl sites for hydroxylation is 2. The summed E-state index contributed by atoms with van der Waals surface area (Å²) < 4.78 is 60.3. The normalized spacial score (nSPS) is 13.5. The molecule has 172 valence electrons. The first-order chi connectivity index (χ1) is 15.0. The molecule has 1 atom stereocenters. The van der Waals surface area contributed by atoms with E-state index in [2.05, 4.69) is 9.97 Å². The number of aromatic nitrogens is 3. The summed E-state index contributed by atoms with van der Waals surface area (Å²) in [6.07, 6.45) is -1.47. The zero-order valence-corrected chi connectivity index (χ0v) is 18.0. The van der Waals surface area contributed by atoms with Crippen LogP contribution in [0.5, 0.6) is 5.88 Å². The Morgan fingerprint density at radius 2 is 1.88 bits per heavy atom. The molecule has 0 saturated heterocycles. The maximum Gasteiger partial charge on any atom is 0.258 e. The Morgan fingerprint density at radius 1 is 1.22 bits per heavy atom. The average molecular weight is 452 g/mol. The van der Waals surface area contributed by atoms with Crippen molar-refractivity contribution < 1.29 is 27.1 Å². The van der Waals surface area contributed by atoms with E-state index in [-0.39, 0.29) is 41.4 Å². The molecule has 2 aromatic heterocycles. The number of ether oxygens (including phenoxy) is 1. The van der Waals surface area contributed by atoms with Crippen LogP contribution < -0.4 is 10.5 Å². The monoisotopic (exact) mass is 452 g/mol. The van der Waals surface area contributed by atoms with Gasteiger partial charge in [-0.05, 0) is 39.3 Å². The Balaban J connectivity index is 1.88. The van der Waals surface area contributed by atoms with Gasteiger partial charge in [-0.15, -0.1) is 0 Å². The highest BCUT2D eigenvalue weighted by Gasteiger charge is 2.27. The molecule has 2 N–H and O–H groups in total. The lowest BCUT2D eigenvalue weighted by Gasteiger charge is -2.23. The number of carbonyl (C=O) groups is 1. The molecule has 1 unspecified atom stereocenters. The van der Waals surface area contributed by atoms with Gasteiger partial charge in [0.1, 0.15) is 23.9 Å². The minimum absolute atomic E-state index is 0.0103. The molecule has 2 heterocycles. The average Bonchev–Trinajstić information content (AvgIpc) is 3.00. The first kappa shape index (κ1) is 23.6. The van der Waals surface area contributed by atoms with Crippen molar-refractivity contribution in [3.8, 4) is 5.88 Å². The summed E-state index contributed by atoms with van der Waals surface area (Å²) in [5.41, 5.74) is 5.77. The first-order valence-electron chi connectivity index (χ1n) is 10.0. The molecule has 0 aliphatic rings. The fourth-order valence-electron chi connectivity index (χ4n) is 3.46. The van der Waals surface area contributed by atoms with Crippen LogP contribution in [-0.2, 0) is 6.61 Å². The third kappa shape index (κ3) is 5.24. The van der Waals surface area contributed by atoms with Crippen LogP contribution in [-0.4, -0.2) is 32.1 Å². The Bertz CT molecular complexity index is 1120. The van der Waals surface area contributed by atoms with Gasteiger partial charge in [-0.3, -0.25) is 9.20 Å². The number of benzene rings is 1. The van der Waals surface area contributed by atoms with Gasteiger partial charge in [-0.25, -0.2) is 27.5 Å². The quantitative estimate of drug-likeness (QED) is 0.381. The van der Waals surface area contributed by atoms with Crippen molar-refractivity contribution >= 4 is 11.4 Å². The van der Waals surface area contributed by atoms with E-state index in [4.69, 9.17) is 10.5 Å². The van der Waals surface area contributed by atoms with Gasteiger partial charge < -0.3 is 10.5 Å². The van der Waals surface area contributed by atoms with E-state index in [0.29, 0.717) is 11.4 Å². The van der Waals surface area contributed by atoms with Crippen molar-refractivity contribution in [3.63, 3.8) is 0 Å². The number of carbonyl (C=O) groups excluding carboxylic acids is 1. The topological polar surface area (TPSA) is 82.5 Å². The van der Waals surface area contributed by atoms with Gasteiger partial charge in [0, 0.05) is 24.6 Å². The van der Waals surface area contributed by atoms with Crippen molar-refractivity contribution in [2.75, 3.05) is 0 Å². The smallest absolute Gasteiger partial charge is 0.258 e. The minimum atomic E-state index is -2.56. The van der Waals surface area contributed by atoms with Gasteiger partial charge in [0.2, 0.25) is 12.1 Å². The Hall–Kier alpha value is -3.01. The van der Waals surface area contributed by atoms with E-state index in [1.54, 1.807) is 20.0 Å². The van der Waals surface area contributed by atoms with Crippen LogP contribution in [0.2, 0.25) is 0 Å². The predicted molar refractivity (Wildman–Crippen MR) is 110 cm³/mol. The zero-order valence-electron chi connectivity index (χ0n) is 18.0. The molecule has 0 fully saturated rings. The summed E-state index contributed by atoms with van der Waals surface area (Å²) in [6.45, 7) is 4.35. The standard InChI is InChI=1S/C22H24F4N4O2/c1-12-10-30-19(17(31)7-8-22(3,27)9-18(25)26)13(2)29-20(30)21(28-12)32-11-14-15(23)5-4-6-16(14)24/h4-6,10,18H,7-9,11,27H2,1-3H3. The van der Waals surface area contributed by atoms with Crippen LogP contribution in [0.4, 0.5) is 17.6 Å². The molecule has 0 radical (unpaired) electrons. The van der Waals surface area contributed by atoms with Crippen LogP contribution >= 0.6 is 0 Å². The summed E-state index contributed by atoms with van der Waals surface area (Å²) >= 11 is 0. The van der Waals surface area contributed by atoms with Crippen molar-refractivity contribution in [3.05, 3.63) is 58.7 Å². The van der Waals surface area contributed by atoms with E-state index in [9.17, 15) is 22.4 Å². The van der Waals surface area contributed by atoms with Crippen LogP contribution in [0, 0.1) is 25.5 Å². The van der Waals surface area contributed by atoms with E-state index in [0.717, 1.165) is 12.1 Å². The third-order valence-electron chi connectivity index (χ3n) is 5.09. The van der Waals surface area contributed by atoms with Crippen LogP contribution in [0.25, 0.3) is 5.65 Å². The van der Waals surface area contributed by atoms with Crippen molar-refractivity contribution in [1.82, 2.24) is 14.4 Å². The maximum absolute atomic E-state index is 13.9. The lowest BCUT2D eigenvalue weighted by atomic mass is 9.91. The molecule has 0 bridgehead atoms. The molecule has 3 rings (SSSR count). The predicted octanol–water partition coefficient (Wildman–Crippen LogP) is 4.54. The van der Waals surface area contributed by atoms with Gasteiger partial charge in [0.25, 0.3) is 5.88 Å². The lowest BCUT2D eigenvalue weighted by Crippen LogP contribution is -2.38. The first-order valence-corrected chi connectivity index (χ1v) is 10.0. The third-order valence-corrected chi connectivity index (χ3v) is 5.09. The number of hydrogen-bond acceptors (Lipinski definition) is 5. The molecule has 0 aliphatic carbocycles. The highest BCUT2D eigenvalue weighted by Crippen LogP contribution is 2.25. The molecule has 0 amide bonds. The van der Waals surface area contributed by atoms with E-state index < -0.39 is 36.6 Å². The SMILES string of the molecule is Cc1cn2c(C(=O)CCC(C)(N)CC(F)F)c(C)nc2c(OCc2c(F)cccc2F)n1. The highest BCUT2D eigenvalue weighted by atomic mass is 19.3. The van der Waals surface area contributed by atoms with Crippen molar-refractivity contribution in [2.45, 2.75) is 58.6 Å². The Morgan fingerprint density at radius 3 is 2.50 bits per heavy atom. The number of ketones is 1. The molecule has 32 heavy (non-hydrogen) atoms. The number of alkyl halides is 2. The van der Waals surface area contributed by atoms with E-state index in [1.165, 1.54) is 17.4 Å². The number of Topliss-reactive ketones (excluding diaryl/α,β-unsaturated/α-hetero) is 1. The van der Waals surface area contributed by atoms with Gasteiger partial charge in [-0.1, -0.05) is 6.07 Å². The second-order valence-corrected chi connectivity index (χ2v) is 8.09. The Kier molecular flexibility index (Phi) is 6.82. The van der Waals surface area contributed by atoms with Gasteiger partial charge in [0.05, 0.1) is 17.0 Å². The van der Waals surface area contributed by atoms with Crippen LogP contribution in [0.1, 0.15) is 53.6 Å². The summed E-state index contributed by atoms with van der Waals surface area (Å²) in [6, 6.07) is 3.49. The second-order valence-electron chi connectivity index (χ2n) is 8.09. The minimum Gasteiger partial charge on any atom is -0.470 e. The molecule has 6 nitrogen and oxygen atoms in total. The number of halogens is 4. The molecule has 0 spiro atoms. The van der Waals surface area contributed by atoms with Crippen LogP contribution in [0.3, 0.4) is 0 Å². The molecular weight excluding hydrogens is 428 g/mol. The maximum atomic E-state index is 13.9. The fourth-order valence-corrected chi connectivity index (χ4v) is 3.46. The largest absolute Gasteiger partial charge is 0.470 e. The molecular formula is C22H24F4N4O2. The number of fused-ring (bicyclic) bond motifs is 1. The van der Waals surface area contributed by atoms with E-state index >= 15 is 0 Å². The molecule has 0 saturated carbocycles. The number of rotatable bonds is 9. The highest BCUT2D eigenvalue weighted by molar-refractivity contribution is 5.96. The summed E-state index contributed by atoms with van der Waals surface area (Å²) in [4.78, 5) is 21.5. The number of nitrogens with zero attached hydrogens (tertiary/aromatic N) is 3. The number of hydrogen-bond donors (Lipinski definition) is 1. The molecule has 10 heteroatoms. The molecule has 3 aromatic rings. The lowest BCUT2D eigenvalue weighted by molar-refractivity contribution is 0.0908. The van der Waals surface area contributed by atoms with E-state index in [1.807, 2.05) is 0 Å². The fraction of sp³-hybridized carbons (Fsp3) is 0.409. The number of nitrogens with two attached hydrogens (primary N) is 1. The Labute approximate surface area is 182 Å². The van der Waals surface area contributed by atoms with Crippen molar-refractivity contribution in [2.24, 2.45) is 5.73 Å². The van der Waals surface area contributed by atoms with Gasteiger partial charge in [0.15, 0.2) is 5.78 Å². The summed E-state index contributed by atoms with van der Waals surface area (Å²) in [5, 5.41) is 0. The summed E-state index contributed by atoms with van der Waals surface area (Å²) in [5.74, 6) is -1.82. The summed E-state index contributed by atoms with van der Waals surface area (Å²) in [7, 11) is 0. The number of imidazole rings is 1. The second kappa shape index (κ2) is 9.23. The van der Waals surface area contributed by atoms with Gasteiger partial charge in [-0.2, -0.15) is 0 Å². The molecule has 1 aromatic carbocycles. The van der Waals surface area contributed by atoms with Gasteiger partial charge >= 0.3 is 0 Å². The zero-order chi connectivity index (χ0) is 23.6. The molecule has 0 aliphatic heterocycles.